The van der Waals surface area contributed by atoms with Gasteiger partial charge in [-0.2, -0.15) is 12.6 Å². The van der Waals surface area contributed by atoms with Crippen molar-refractivity contribution in [2.75, 3.05) is 11.5 Å². The summed E-state index contributed by atoms with van der Waals surface area (Å²) in [5.74, 6) is 2.17. The third kappa shape index (κ3) is 2.94. The molecule has 1 N–H and O–H groups in total. The highest BCUT2D eigenvalue weighted by Crippen LogP contribution is 2.40. The first-order chi connectivity index (χ1) is 7.35. The van der Waals surface area contributed by atoms with E-state index in [1.54, 1.807) is 0 Å². The summed E-state index contributed by atoms with van der Waals surface area (Å²) in [5.41, 5.74) is 0.457. The Labute approximate surface area is 101 Å². The van der Waals surface area contributed by atoms with E-state index < -0.39 is 0 Å². The van der Waals surface area contributed by atoms with E-state index in [1.807, 2.05) is 24.2 Å². The fourth-order valence-electron chi connectivity index (χ4n) is 2.20. The van der Waals surface area contributed by atoms with Gasteiger partial charge in [-0.25, -0.2) is 4.98 Å². The molecule has 2 nitrogen and oxygen atoms in total. The number of aromatic nitrogens is 2. The van der Waals surface area contributed by atoms with Crippen molar-refractivity contribution in [3.8, 4) is 0 Å². The smallest absolute Gasteiger partial charge is 0.165 e. The predicted octanol–water partition coefficient (Wildman–Crippen LogP) is 3.38. The lowest BCUT2D eigenvalue weighted by atomic mass is 9.77. The summed E-state index contributed by atoms with van der Waals surface area (Å²) in [6, 6.07) is 0. The molecule has 0 spiro atoms. The number of aromatic amines is 1. The predicted molar refractivity (Wildman–Crippen MR) is 68.7 cm³/mol. The van der Waals surface area contributed by atoms with Crippen LogP contribution in [-0.4, -0.2) is 21.5 Å². The maximum Gasteiger partial charge on any atom is 0.165 e. The number of hydrogen-bond acceptors (Lipinski definition) is 3. The zero-order chi connectivity index (χ0) is 10.6. The van der Waals surface area contributed by atoms with Crippen LogP contribution in [0.25, 0.3) is 0 Å². The molecular weight excluding hydrogens is 224 g/mol. The molecule has 1 aliphatic rings. The van der Waals surface area contributed by atoms with Crippen LogP contribution < -0.4 is 0 Å². The molecule has 15 heavy (non-hydrogen) atoms. The third-order valence-corrected chi connectivity index (χ3v) is 5.16. The summed E-state index contributed by atoms with van der Waals surface area (Å²) in [6.07, 6.45) is 10.5. The normalized spacial score (nSPS) is 20.3. The molecule has 1 fully saturated rings. The van der Waals surface area contributed by atoms with Gasteiger partial charge in [0.1, 0.15) is 0 Å². The van der Waals surface area contributed by atoms with E-state index >= 15 is 0 Å². The van der Waals surface area contributed by atoms with Gasteiger partial charge in [-0.15, -0.1) is 0 Å². The Bertz CT molecular complexity index is 279. The van der Waals surface area contributed by atoms with Gasteiger partial charge in [0.2, 0.25) is 0 Å². The van der Waals surface area contributed by atoms with Gasteiger partial charge in [0.25, 0.3) is 0 Å². The zero-order valence-corrected chi connectivity index (χ0v) is 10.6. The Kier molecular flexibility index (Phi) is 4.03. The number of rotatable bonds is 4. The number of thiol groups is 1. The van der Waals surface area contributed by atoms with Crippen molar-refractivity contribution in [2.24, 2.45) is 5.41 Å². The van der Waals surface area contributed by atoms with E-state index in [0.29, 0.717) is 5.41 Å². The highest BCUT2D eigenvalue weighted by molar-refractivity contribution is 7.99. The first-order valence-electron chi connectivity index (χ1n) is 5.58. The molecule has 84 valence electrons. The zero-order valence-electron chi connectivity index (χ0n) is 8.91. The molecule has 1 aromatic rings. The van der Waals surface area contributed by atoms with Crippen molar-refractivity contribution in [3.63, 3.8) is 0 Å². The van der Waals surface area contributed by atoms with Crippen molar-refractivity contribution in [1.29, 1.82) is 0 Å². The van der Waals surface area contributed by atoms with Gasteiger partial charge in [-0.1, -0.05) is 31.0 Å². The Hall–Kier alpha value is -0.0900. The topological polar surface area (TPSA) is 28.7 Å². The first kappa shape index (κ1) is 11.4. The number of nitrogens with zero attached hydrogens (tertiary/aromatic N) is 1. The number of hydrogen-bond donors (Lipinski definition) is 2. The average molecular weight is 242 g/mol. The van der Waals surface area contributed by atoms with Gasteiger partial charge < -0.3 is 4.98 Å². The molecule has 0 atom stereocenters. The van der Waals surface area contributed by atoms with Crippen molar-refractivity contribution < 1.29 is 0 Å². The Morgan fingerprint density at radius 2 is 2.20 bits per heavy atom. The van der Waals surface area contributed by atoms with Gasteiger partial charge >= 0.3 is 0 Å². The Morgan fingerprint density at radius 1 is 1.40 bits per heavy atom. The Balaban J connectivity index is 1.89. The van der Waals surface area contributed by atoms with Gasteiger partial charge in [0.05, 0.1) is 0 Å². The monoisotopic (exact) mass is 242 g/mol. The molecule has 2 rings (SSSR count). The fraction of sp³-hybridized carbons (Fsp3) is 0.727. The standard InChI is InChI=1S/C11H18N2S2/c14-8-11(4-2-1-3-5-11)9-15-10-12-6-7-13-10/h6-7,14H,1-5,8-9H2,(H,12,13). The molecule has 1 saturated carbocycles. The third-order valence-electron chi connectivity index (χ3n) is 3.24. The van der Waals surface area contributed by atoms with Crippen LogP contribution in [0, 0.1) is 5.41 Å². The van der Waals surface area contributed by atoms with Crippen LogP contribution >= 0.6 is 24.4 Å². The molecule has 1 aliphatic carbocycles. The number of thioether (sulfide) groups is 1. The second-order valence-electron chi connectivity index (χ2n) is 4.40. The van der Waals surface area contributed by atoms with E-state index in [1.165, 1.54) is 32.1 Å². The first-order valence-corrected chi connectivity index (χ1v) is 7.20. The molecule has 0 unspecified atom stereocenters. The van der Waals surface area contributed by atoms with E-state index in [9.17, 15) is 0 Å². The maximum atomic E-state index is 4.54. The Morgan fingerprint density at radius 3 is 2.80 bits per heavy atom. The van der Waals surface area contributed by atoms with Crippen molar-refractivity contribution in [3.05, 3.63) is 12.4 Å². The van der Waals surface area contributed by atoms with Gasteiger partial charge in [0.15, 0.2) is 5.16 Å². The molecule has 0 radical (unpaired) electrons. The van der Waals surface area contributed by atoms with Gasteiger partial charge in [-0.3, -0.25) is 0 Å². The highest BCUT2D eigenvalue weighted by atomic mass is 32.2. The lowest BCUT2D eigenvalue weighted by molar-refractivity contribution is 0.258. The maximum absolute atomic E-state index is 4.54. The number of H-pyrrole nitrogens is 1. The summed E-state index contributed by atoms with van der Waals surface area (Å²) in [4.78, 5) is 7.39. The summed E-state index contributed by atoms with van der Waals surface area (Å²) < 4.78 is 0. The molecule has 0 aromatic carbocycles. The van der Waals surface area contributed by atoms with Gasteiger partial charge in [0, 0.05) is 18.1 Å². The molecule has 0 aliphatic heterocycles. The summed E-state index contributed by atoms with van der Waals surface area (Å²) in [6.45, 7) is 0. The van der Waals surface area contributed by atoms with E-state index in [-0.39, 0.29) is 0 Å². The minimum absolute atomic E-state index is 0.457. The van der Waals surface area contributed by atoms with Crippen LogP contribution in [0.5, 0.6) is 0 Å². The number of imidazole rings is 1. The summed E-state index contributed by atoms with van der Waals surface area (Å²) >= 11 is 6.38. The largest absolute Gasteiger partial charge is 0.340 e. The molecular formula is C11H18N2S2. The second-order valence-corrected chi connectivity index (χ2v) is 5.68. The van der Waals surface area contributed by atoms with Crippen LogP contribution in [0.15, 0.2) is 17.6 Å². The van der Waals surface area contributed by atoms with Crippen LogP contribution in [-0.2, 0) is 0 Å². The molecule has 0 bridgehead atoms. The molecule has 4 heteroatoms. The lowest BCUT2D eigenvalue weighted by Crippen LogP contribution is -2.28. The van der Waals surface area contributed by atoms with E-state index in [2.05, 4.69) is 22.6 Å². The van der Waals surface area contributed by atoms with Crippen molar-refractivity contribution >= 4 is 24.4 Å². The van der Waals surface area contributed by atoms with Crippen LogP contribution in [0.4, 0.5) is 0 Å². The van der Waals surface area contributed by atoms with E-state index in [0.717, 1.165) is 16.7 Å². The van der Waals surface area contributed by atoms with Gasteiger partial charge in [-0.05, 0) is 24.0 Å². The minimum atomic E-state index is 0.457. The minimum Gasteiger partial charge on any atom is -0.340 e. The fourth-order valence-corrected chi connectivity index (χ4v) is 3.90. The van der Waals surface area contributed by atoms with Crippen LogP contribution in [0.3, 0.4) is 0 Å². The molecule has 1 heterocycles. The summed E-state index contributed by atoms with van der Waals surface area (Å²) in [7, 11) is 0. The van der Waals surface area contributed by atoms with Crippen molar-refractivity contribution in [1.82, 2.24) is 9.97 Å². The second kappa shape index (κ2) is 5.30. The quantitative estimate of drug-likeness (QED) is 0.626. The number of nitrogens with one attached hydrogen (secondary N) is 1. The molecule has 0 amide bonds. The summed E-state index contributed by atoms with van der Waals surface area (Å²) in [5, 5.41) is 1.04. The van der Waals surface area contributed by atoms with E-state index in [4.69, 9.17) is 0 Å². The lowest BCUT2D eigenvalue weighted by Gasteiger charge is -2.35. The highest BCUT2D eigenvalue weighted by Gasteiger charge is 2.30. The average Bonchev–Trinajstić information content (AvgIpc) is 2.81. The van der Waals surface area contributed by atoms with Crippen LogP contribution in [0.2, 0.25) is 0 Å². The molecule has 0 saturated heterocycles. The van der Waals surface area contributed by atoms with Crippen LogP contribution in [0.1, 0.15) is 32.1 Å². The van der Waals surface area contributed by atoms with Crippen molar-refractivity contribution in [2.45, 2.75) is 37.3 Å². The SMILES string of the molecule is SCC1(CSc2ncc[nH]2)CCCCC1. The molecule has 1 aromatic heterocycles.